The molecule has 0 spiro atoms. The Morgan fingerprint density at radius 2 is 1.52 bits per heavy atom. The lowest BCUT2D eigenvalue weighted by Crippen LogP contribution is -2.34. The monoisotopic (exact) mass is 464 g/mol. The van der Waals surface area contributed by atoms with Crippen LogP contribution in [0.5, 0.6) is 0 Å². The molecule has 0 fully saturated rings. The van der Waals surface area contributed by atoms with Gasteiger partial charge in [0.25, 0.3) is 5.91 Å². The summed E-state index contributed by atoms with van der Waals surface area (Å²) in [6.07, 6.45) is 3.73. The molecule has 0 radical (unpaired) electrons. The Kier molecular flexibility index (Phi) is 8.84. The van der Waals surface area contributed by atoms with Crippen LogP contribution in [0.1, 0.15) is 50.9 Å². The number of carbonyl (C=O) groups excluding carboxylic acids is 1. The fourth-order valence-electron chi connectivity index (χ4n) is 3.35. The first-order valence-corrected chi connectivity index (χ1v) is 11.9. The van der Waals surface area contributed by atoms with E-state index in [0.29, 0.717) is 28.4 Å². The van der Waals surface area contributed by atoms with Crippen molar-refractivity contribution in [3.05, 3.63) is 71.4 Å². The third-order valence-corrected chi connectivity index (χ3v) is 5.68. The van der Waals surface area contributed by atoms with Gasteiger partial charge >= 0.3 is 0 Å². The van der Waals surface area contributed by atoms with Crippen LogP contribution in [0.15, 0.2) is 60.8 Å². The molecule has 3 rings (SSSR count). The summed E-state index contributed by atoms with van der Waals surface area (Å²) >= 11 is 5.98. The molecule has 2 aromatic carbocycles. The Bertz CT molecular complexity index is 1020. The van der Waals surface area contributed by atoms with Gasteiger partial charge in [0.05, 0.1) is 5.69 Å². The third kappa shape index (κ3) is 7.57. The maximum absolute atomic E-state index is 13.1. The van der Waals surface area contributed by atoms with Crippen molar-refractivity contribution in [3.63, 3.8) is 0 Å². The highest BCUT2D eigenvalue weighted by atomic mass is 35.5. The molecule has 33 heavy (non-hydrogen) atoms. The maximum atomic E-state index is 13.1. The normalized spacial score (nSPS) is 11.1. The highest BCUT2D eigenvalue weighted by Crippen LogP contribution is 2.22. The molecule has 0 aliphatic rings. The van der Waals surface area contributed by atoms with Crippen molar-refractivity contribution in [2.45, 2.75) is 40.5 Å². The molecule has 0 saturated heterocycles. The van der Waals surface area contributed by atoms with E-state index < -0.39 is 0 Å². The lowest BCUT2D eigenvalue weighted by molar-refractivity contribution is 0.0741. The van der Waals surface area contributed by atoms with Crippen molar-refractivity contribution >= 4 is 29.1 Å². The van der Waals surface area contributed by atoms with Crippen LogP contribution in [-0.2, 0) is 0 Å². The van der Waals surface area contributed by atoms with Gasteiger partial charge in [0.15, 0.2) is 0 Å². The minimum Gasteiger partial charge on any atom is -0.339 e. The number of rotatable bonds is 10. The first kappa shape index (κ1) is 24.7. The van der Waals surface area contributed by atoms with Gasteiger partial charge in [-0.15, -0.1) is 0 Å². The quantitative estimate of drug-likeness (QED) is 0.348. The fourth-order valence-corrected chi connectivity index (χ4v) is 3.48. The van der Waals surface area contributed by atoms with E-state index in [0.717, 1.165) is 42.9 Å². The van der Waals surface area contributed by atoms with Crippen LogP contribution >= 0.6 is 11.6 Å². The molecule has 174 valence electrons. The molecule has 0 aliphatic heterocycles. The van der Waals surface area contributed by atoms with E-state index in [-0.39, 0.29) is 5.91 Å². The minimum atomic E-state index is 0.0869. The van der Waals surface area contributed by atoms with Gasteiger partial charge in [0.1, 0.15) is 0 Å². The summed E-state index contributed by atoms with van der Waals surface area (Å²) in [6.45, 7) is 10.3. The van der Waals surface area contributed by atoms with E-state index >= 15 is 0 Å². The number of hydrogen-bond acceptors (Lipinski definition) is 4. The average Bonchev–Trinajstić information content (AvgIpc) is 2.79. The van der Waals surface area contributed by atoms with Gasteiger partial charge in [-0.05, 0) is 67.1 Å². The predicted molar refractivity (Wildman–Crippen MR) is 137 cm³/mol. The standard InChI is InChI=1S/C27H33ClN4O/c1-19(2)14-17-32(18-15-20(3)4)26(33)22-7-11-24(12-8-22)30-27-29-16-13-25(31-27)21-5-9-23(28)10-6-21/h5-13,16,19-20H,14-15,17-18H2,1-4H3,(H,29,30,31). The molecule has 6 heteroatoms. The number of amides is 1. The van der Waals surface area contributed by atoms with Crippen LogP contribution in [0.2, 0.25) is 5.02 Å². The molecule has 0 aliphatic carbocycles. The van der Waals surface area contributed by atoms with Crippen LogP contribution in [0, 0.1) is 11.8 Å². The number of nitrogens with zero attached hydrogens (tertiary/aromatic N) is 3. The van der Waals surface area contributed by atoms with Gasteiger partial charge in [-0.3, -0.25) is 4.79 Å². The van der Waals surface area contributed by atoms with E-state index in [4.69, 9.17) is 11.6 Å². The summed E-state index contributed by atoms with van der Waals surface area (Å²) in [4.78, 5) is 24.0. The average molecular weight is 465 g/mol. The molecule has 1 heterocycles. The number of anilines is 2. The van der Waals surface area contributed by atoms with Gasteiger partial charge in [-0.2, -0.15) is 0 Å². The Labute approximate surface area is 202 Å². The molecule has 0 atom stereocenters. The summed E-state index contributed by atoms with van der Waals surface area (Å²) in [5.41, 5.74) is 3.30. The van der Waals surface area contributed by atoms with E-state index in [9.17, 15) is 4.79 Å². The van der Waals surface area contributed by atoms with Crippen LogP contribution < -0.4 is 5.32 Å². The summed E-state index contributed by atoms with van der Waals surface area (Å²) in [6, 6.07) is 16.9. The smallest absolute Gasteiger partial charge is 0.253 e. The number of benzene rings is 2. The number of halogens is 1. The number of aromatic nitrogens is 2. The van der Waals surface area contributed by atoms with Gasteiger partial charge in [-0.25, -0.2) is 9.97 Å². The Balaban J connectivity index is 1.69. The second-order valence-electron chi connectivity index (χ2n) is 9.13. The summed E-state index contributed by atoms with van der Waals surface area (Å²) < 4.78 is 0. The minimum absolute atomic E-state index is 0.0869. The first-order valence-electron chi connectivity index (χ1n) is 11.6. The van der Waals surface area contributed by atoms with E-state index in [1.807, 2.05) is 59.5 Å². The van der Waals surface area contributed by atoms with Gasteiger partial charge in [0.2, 0.25) is 5.95 Å². The molecule has 0 saturated carbocycles. The highest BCUT2D eigenvalue weighted by Gasteiger charge is 2.16. The van der Waals surface area contributed by atoms with E-state index in [1.54, 1.807) is 6.20 Å². The van der Waals surface area contributed by atoms with Gasteiger partial charge in [-0.1, -0.05) is 51.4 Å². The maximum Gasteiger partial charge on any atom is 0.253 e. The number of hydrogen-bond donors (Lipinski definition) is 1. The Morgan fingerprint density at radius 3 is 2.09 bits per heavy atom. The van der Waals surface area contributed by atoms with Crippen molar-refractivity contribution in [2.24, 2.45) is 11.8 Å². The molecular formula is C27H33ClN4O. The second-order valence-corrected chi connectivity index (χ2v) is 9.57. The largest absolute Gasteiger partial charge is 0.339 e. The fraction of sp³-hybridized carbons (Fsp3) is 0.370. The lowest BCUT2D eigenvalue weighted by Gasteiger charge is -2.24. The zero-order valence-corrected chi connectivity index (χ0v) is 20.6. The van der Waals surface area contributed by atoms with E-state index in [2.05, 4.69) is 43.0 Å². The van der Waals surface area contributed by atoms with Crippen molar-refractivity contribution in [3.8, 4) is 11.3 Å². The third-order valence-electron chi connectivity index (χ3n) is 5.42. The molecule has 1 amide bonds. The topological polar surface area (TPSA) is 58.1 Å². The van der Waals surface area contributed by atoms with Crippen molar-refractivity contribution in [1.29, 1.82) is 0 Å². The molecule has 3 aromatic rings. The van der Waals surface area contributed by atoms with Gasteiger partial charge in [0, 0.05) is 41.1 Å². The first-order chi connectivity index (χ1) is 15.8. The lowest BCUT2D eigenvalue weighted by atomic mass is 10.1. The van der Waals surface area contributed by atoms with Crippen molar-refractivity contribution in [2.75, 3.05) is 18.4 Å². The zero-order valence-electron chi connectivity index (χ0n) is 19.9. The Morgan fingerprint density at radius 1 is 0.909 bits per heavy atom. The van der Waals surface area contributed by atoms with Crippen molar-refractivity contribution < 1.29 is 4.79 Å². The second kappa shape index (κ2) is 11.8. The number of carbonyl (C=O) groups is 1. The summed E-state index contributed by atoms with van der Waals surface area (Å²) in [5.74, 6) is 1.71. The number of nitrogens with one attached hydrogen (secondary N) is 1. The Hall–Kier alpha value is -2.92. The zero-order chi connectivity index (χ0) is 23.8. The van der Waals surface area contributed by atoms with E-state index in [1.165, 1.54) is 0 Å². The molecule has 0 unspecified atom stereocenters. The predicted octanol–water partition coefficient (Wildman–Crippen LogP) is 7.08. The SMILES string of the molecule is CC(C)CCN(CCC(C)C)C(=O)c1ccc(Nc2nccc(-c3ccc(Cl)cc3)n2)cc1. The molecule has 5 nitrogen and oxygen atoms in total. The molecule has 1 aromatic heterocycles. The van der Waals surface area contributed by atoms with Gasteiger partial charge < -0.3 is 10.2 Å². The van der Waals surface area contributed by atoms with Crippen molar-refractivity contribution in [1.82, 2.24) is 14.9 Å². The molecular weight excluding hydrogens is 432 g/mol. The molecule has 0 bridgehead atoms. The highest BCUT2D eigenvalue weighted by molar-refractivity contribution is 6.30. The van der Waals surface area contributed by atoms with Crippen LogP contribution in [-0.4, -0.2) is 33.9 Å². The summed E-state index contributed by atoms with van der Waals surface area (Å²) in [7, 11) is 0. The van der Waals surface area contributed by atoms with Crippen LogP contribution in [0.4, 0.5) is 11.6 Å². The molecule has 1 N–H and O–H groups in total. The van der Waals surface area contributed by atoms with Crippen LogP contribution in [0.25, 0.3) is 11.3 Å². The van der Waals surface area contributed by atoms with Crippen LogP contribution in [0.3, 0.4) is 0 Å². The summed E-state index contributed by atoms with van der Waals surface area (Å²) in [5, 5.41) is 3.92.